The van der Waals surface area contributed by atoms with E-state index in [1.54, 1.807) is 4.72 Å². The molecule has 9 heteroatoms. The lowest BCUT2D eigenvalue weighted by Gasteiger charge is -2.10. The Morgan fingerprint density at radius 1 is 1.44 bits per heavy atom. The number of nitrogens with two attached hydrogens (primary N) is 1. The van der Waals surface area contributed by atoms with Crippen molar-refractivity contribution in [1.29, 1.82) is 0 Å². The van der Waals surface area contributed by atoms with Gasteiger partial charge in [0.2, 0.25) is 10.0 Å². The Kier molecular flexibility index (Phi) is 4.07. The molecule has 0 spiro atoms. The molecule has 0 amide bonds. The molecular formula is C9H10F2N2O4S. The highest BCUT2D eigenvalue weighted by molar-refractivity contribution is 7.93. The average molecular weight is 280 g/mol. The van der Waals surface area contributed by atoms with Crippen LogP contribution >= 0.6 is 0 Å². The fourth-order valence-corrected chi connectivity index (χ4v) is 2.13. The number of nitrogen functional groups attached to an aromatic ring is 1. The predicted molar refractivity (Wildman–Crippen MR) is 60.2 cm³/mol. The smallest absolute Gasteiger partial charge is 0.322 e. The van der Waals surface area contributed by atoms with Gasteiger partial charge in [-0.25, -0.2) is 17.2 Å². The van der Waals surface area contributed by atoms with Gasteiger partial charge in [-0.15, -0.1) is 0 Å². The number of halogens is 2. The third-order valence-corrected chi connectivity index (χ3v) is 3.01. The molecule has 0 atom stereocenters. The Hall–Kier alpha value is -1.90. The second-order valence-electron chi connectivity index (χ2n) is 3.29. The van der Waals surface area contributed by atoms with Crippen LogP contribution in [-0.4, -0.2) is 27.2 Å². The van der Waals surface area contributed by atoms with Gasteiger partial charge in [0.15, 0.2) is 11.6 Å². The summed E-state index contributed by atoms with van der Waals surface area (Å²) in [4.78, 5) is 10.8. The quantitative estimate of drug-likeness (QED) is 0.616. The minimum atomic E-state index is -4.17. The van der Waals surface area contributed by atoms with Gasteiger partial charge in [0, 0.05) is 6.07 Å². The van der Waals surface area contributed by atoms with Gasteiger partial charge in [0.05, 0.1) is 12.8 Å². The zero-order chi connectivity index (χ0) is 13.9. The maximum atomic E-state index is 13.3. The first kappa shape index (κ1) is 14.2. The van der Waals surface area contributed by atoms with Crippen LogP contribution in [0.3, 0.4) is 0 Å². The molecule has 0 unspecified atom stereocenters. The molecule has 0 radical (unpaired) electrons. The van der Waals surface area contributed by atoms with Crippen LogP contribution in [0.1, 0.15) is 0 Å². The lowest BCUT2D eigenvalue weighted by Crippen LogP contribution is -2.24. The number of hydrogen-bond acceptors (Lipinski definition) is 5. The van der Waals surface area contributed by atoms with Crippen molar-refractivity contribution in [1.82, 2.24) is 0 Å². The van der Waals surface area contributed by atoms with Gasteiger partial charge in [-0.2, -0.15) is 0 Å². The van der Waals surface area contributed by atoms with Crippen molar-refractivity contribution in [2.45, 2.75) is 0 Å². The summed E-state index contributed by atoms with van der Waals surface area (Å²) in [7, 11) is -3.17. The second-order valence-corrected chi connectivity index (χ2v) is 5.01. The molecular weight excluding hydrogens is 270 g/mol. The van der Waals surface area contributed by atoms with Crippen molar-refractivity contribution in [3.05, 3.63) is 23.8 Å². The molecule has 1 aromatic carbocycles. The van der Waals surface area contributed by atoms with Crippen LogP contribution in [0.25, 0.3) is 0 Å². The van der Waals surface area contributed by atoms with Gasteiger partial charge >= 0.3 is 5.97 Å². The summed E-state index contributed by atoms with van der Waals surface area (Å²) in [6, 6.07) is 1.21. The molecule has 0 aliphatic heterocycles. The van der Waals surface area contributed by atoms with E-state index in [-0.39, 0.29) is 0 Å². The SMILES string of the molecule is COC(=O)CS(=O)(=O)Nc1c(N)cc(F)cc1F. The molecule has 3 N–H and O–H groups in total. The van der Waals surface area contributed by atoms with E-state index in [0.717, 1.165) is 13.2 Å². The van der Waals surface area contributed by atoms with Crippen molar-refractivity contribution < 1.29 is 26.7 Å². The molecule has 0 aliphatic rings. The number of rotatable bonds is 4. The molecule has 6 nitrogen and oxygen atoms in total. The molecule has 0 saturated heterocycles. The fourth-order valence-electron chi connectivity index (χ4n) is 1.11. The lowest BCUT2D eigenvalue weighted by atomic mass is 10.2. The third-order valence-electron chi connectivity index (χ3n) is 1.88. The van der Waals surface area contributed by atoms with Crippen molar-refractivity contribution >= 4 is 27.4 Å². The maximum absolute atomic E-state index is 13.3. The van der Waals surface area contributed by atoms with Crippen LogP contribution in [0.15, 0.2) is 12.1 Å². The Morgan fingerprint density at radius 3 is 2.56 bits per heavy atom. The van der Waals surface area contributed by atoms with Gasteiger partial charge < -0.3 is 10.5 Å². The Labute approximate surface area is 102 Å². The highest BCUT2D eigenvalue weighted by Crippen LogP contribution is 2.24. The molecule has 1 aromatic rings. The number of carbonyl (C=O) groups is 1. The average Bonchev–Trinajstić information content (AvgIpc) is 2.22. The van der Waals surface area contributed by atoms with Gasteiger partial charge in [-0.05, 0) is 6.07 Å². The number of methoxy groups -OCH3 is 1. The van der Waals surface area contributed by atoms with Crippen LogP contribution in [0, 0.1) is 11.6 Å². The van der Waals surface area contributed by atoms with Crippen LogP contribution in [0.2, 0.25) is 0 Å². The Morgan fingerprint density at radius 2 is 2.06 bits per heavy atom. The van der Waals surface area contributed by atoms with E-state index in [4.69, 9.17) is 5.73 Å². The van der Waals surface area contributed by atoms with Crippen molar-refractivity contribution in [2.24, 2.45) is 0 Å². The molecule has 18 heavy (non-hydrogen) atoms. The molecule has 0 aromatic heterocycles. The van der Waals surface area contributed by atoms with Crippen LogP contribution in [-0.2, 0) is 19.6 Å². The number of anilines is 2. The zero-order valence-electron chi connectivity index (χ0n) is 9.24. The predicted octanol–water partition coefficient (Wildman–Crippen LogP) is 0.462. The third kappa shape index (κ3) is 3.55. The normalized spacial score (nSPS) is 11.1. The molecule has 100 valence electrons. The summed E-state index contributed by atoms with van der Waals surface area (Å²) in [5.74, 6) is -4.15. The summed E-state index contributed by atoms with van der Waals surface area (Å²) < 4.78 is 54.8. The van der Waals surface area contributed by atoms with E-state index in [9.17, 15) is 22.0 Å². The van der Waals surface area contributed by atoms with Crippen molar-refractivity contribution in [3.8, 4) is 0 Å². The highest BCUT2D eigenvalue weighted by Gasteiger charge is 2.20. The second kappa shape index (κ2) is 5.17. The minimum absolute atomic E-state index is 0.430. The monoisotopic (exact) mass is 280 g/mol. The summed E-state index contributed by atoms with van der Waals surface area (Å²) in [6.07, 6.45) is 0. The molecule has 0 aliphatic carbocycles. The standard InChI is InChI=1S/C9H10F2N2O4S/c1-17-8(14)4-18(15,16)13-9-6(11)2-5(10)3-7(9)12/h2-3,13H,4,12H2,1H3. The van der Waals surface area contributed by atoms with E-state index in [0.29, 0.717) is 6.07 Å². The number of carbonyl (C=O) groups excluding carboxylic acids is 1. The fraction of sp³-hybridized carbons (Fsp3) is 0.222. The van der Waals surface area contributed by atoms with Gasteiger partial charge in [-0.3, -0.25) is 9.52 Å². The van der Waals surface area contributed by atoms with E-state index in [2.05, 4.69) is 4.74 Å². The first-order valence-corrected chi connectivity index (χ1v) is 6.22. The zero-order valence-corrected chi connectivity index (χ0v) is 10.1. The van der Waals surface area contributed by atoms with Crippen molar-refractivity contribution in [3.63, 3.8) is 0 Å². The summed E-state index contributed by atoms with van der Waals surface area (Å²) in [5, 5.41) is 0. The topological polar surface area (TPSA) is 98.5 Å². The highest BCUT2D eigenvalue weighted by atomic mass is 32.2. The number of benzene rings is 1. The molecule has 0 saturated carbocycles. The number of nitrogens with one attached hydrogen (secondary N) is 1. The van der Waals surface area contributed by atoms with Crippen LogP contribution in [0.4, 0.5) is 20.2 Å². The Balaban J connectivity index is 3.01. The van der Waals surface area contributed by atoms with Gasteiger partial charge in [0.25, 0.3) is 0 Å². The van der Waals surface area contributed by atoms with Crippen LogP contribution in [0.5, 0.6) is 0 Å². The number of ether oxygens (including phenoxy) is 1. The number of esters is 1. The minimum Gasteiger partial charge on any atom is -0.468 e. The first-order chi connectivity index (χ1) is 8.25. The van der Waals surface area contributed by atoms with Crippen molar-refractivity contribution in [2.75, 3.05) is 23.3 Å². The first-order valence-electron chi connectivity index (χ1n) is 4.57. The summed E-state index contributed by atoms with van der Waals surface area (Å²) in [6.45, 7) is 0. The number of sulfonamides is 1. The maximum Gasteiger partial charge on any atom is 0.322 e. The summed E-state index contributed by atoms with van der Waals surface area (Å²) >= 11 is 0. The molecule has 0 bridgehead atoms. The molecule has 0 fully saturated rings. The van der Waals surface area contributed by atoms with Crippen LogP contribution < -0.4 is 10.5 Å². The number of hydrogen-bond donors (Lipinski definition) is 2. The van der Waals surface area contributed by atoms with Gasteiger partial charge in [0.1, 0.15) is 11.5 Å². The largest absolute Gasteiger partial charge is 0.468 e. The molecule has 1 rings (SSSR count). The Bertz CT molecular complexity index is 551. The van der Waals surface area contributed by atoms with E-state index < -0.39 is 44.8 Å². The van der Waals surface area contributed by atoms with E-state index >= 15 is 0 Å². The lowest BCUT2D eigenvalue weighted by molar-refractivity contribution is -0.137. The van der Waals surface area contributed by atoms with Gasteiger partial charge in [-0.1, -0.05) is 0 Å². The molecule has 0 heterocycles. The summed E-state index contributed by atoms with van der Waals surface area (Å²) in [5.41, 5.74) is 4.23. The van der Waals surface area contributed by atoms with E-state index in [1.807, 2.05) is 0 Å². The van der Waals surface area contributed by atoms with E-state index in [1.165, 1.54) is 0 Å².